The van der Waals surface area contributed by atoms with Crippen LogP contribution in [0, 0.1) is 0 Å². The molecule has 1 N–H and O–H groups in total. The van der Waals surface area contributed by atoms with E-state index in [-0.39, 0.29) is 0 Å². The first-order chi connectivity index (χ1) is 16.8. The second-order valence-electron chi connectivity index (χ2n) is 8.86. The summed E-state index contributed by atoms with van der Waals surface area (Å²) < 4.78 is 0. The minimum absolute atomic E-state index is 0.411. The Morgan fingerprint density at radius 1 is 0.529 bits per heavy atom. The lowest BCUT2D eigenvalue weighted by Gasteiger charge is -2.25. The molecule has 0 fully saturated rings. The Kier molecular flexibility index (Phi) is 6.69. The molecule has 2 heteroatoms. The molecule has 5 aromatic rings. The Labute approximate surface area is 201 Å². The monoisotopic (exact) mass is 443 g/mol. The molecule has 0 aromatic heterocycles. The number of nitrogens with zero attached hydrogens (tertiary/aromatic N) is 1. The van der Waals surface area contributed by atoms with Gasteiger partial charge in [0.1, 0.15) is 5.75 Å². The molecule has 0 amide bonds. The number of phenolic OH excluding ortho intramolecular Hbond substituents is 1. The molecule has 0 spiro atoms. The van der Waals surface area contributed by atoms with E-state index in [1.54, 1.807) is 0 Å². The van der Waals surface area contributed by atoms with Gasteiger partial charge in [-0.2, -0.15) is 0 Å². The lowest BCUT2D eigenvalue weighted by molar-refractivity contribution is 0.245. The number of hydrogen-bond acceptors (Lipinski definition) is 2. The quantitative estimate of drug-likeness (QED) is 0.271. The van der Waals surface area contributed by atoms with E-state index in [1.165, 1.54) is 22.1 Å². The lowest BCUT2D eigenvalue weighted by atomic mass is 9.95. The maximum atomic E-state index is 11.5. The van der Waals surface area contributed by atoms with Crippen molar-refractivity contribution in [1.29, 1.82) is 0 Å². The standard InChI is InChI=1S/C32H29NO/c34-32-29(20-25-12-4-1-5-13-25)21-28-18-10-11-19-30(28)31(32)24-33(22-26-14-6-2-7-15-26)23-27-16-8-3-9-17-27/h1-19,21,34H,20,22-24H2. The van der Waals surface area contributed by atoms with Crippen LogP contribution in [0.1, 0.15) is 27.8 Å². The highest BCUT2D eigenvalue weighted by molar-refractivity contribution is 5.89. The molecule has 5 aromatic carbocycles. The maximum Gasteiger partial charge on any atom is 0.124 e. The summed E-state index contributed by atoms with van der Waals surface area (Å²) in [5.74, 6) is 0.411. The number of phenols is 1. The van der Waals surface area contributed by atoms with E-state index in [0.717, 1.165) is 29.6 Å². The van der Waals surface area contributed by atoms with Crippen molar-refractivity contribution in [3.8, 4) is 5.75 Å². The zero-order chi connectivity index (χ0) is 23.2. The number of hydrogen-bond donors (Lipinski definition) is 1. The summed E-state index contributed by atoms with van der Waals surface area (Å²) >= 11 is 0. The fourth-order valence-electron chi connectivity index (χ4n) is 4.66. The van der Waals surface area contributed by atoms with Gasteiger partial charge in [0.2, 0.25) is 0 Å². The van der Waals surface area contributed by atoms with Gasteiger partial charge in [0, 0.05) is 31.6 Å². The van der Waals surface area contributed by atoms with Crippen molar-refractivity contribution >= 4 is 10.8 Å². The predicted octanol–water partition coefficient (Wildman–Crippen LogP) is 7.34. The average molecular weight is 444 g/mol. The van der Waals surface area contributed by atoms with Crippen LogP contribution < -0.4 is 0 Å². The lowest BCUT2D eigenvalue weighted by Crippen LogP contribution is -2.22. The Morgan fingerprint density at radius 2 is 1.03 bits per heavy atom. The molecule has 5 rings (SSSR count). The smallest absolute Gasteiger partial charge is 0.124 e. The van der Waals surface area contributed by atoms with Crippen molar-refractivity contribution in [2.24, 2.45) is 0 Å². The first-order valence-corrected chi connectivity index (χ1v) is 11.8. The Hall–Kier alpha value is -3.88. The Bertz CT molecular complexity index is 1310. The highest BCUT2D eigenvalue weighted by Gasteiger charge is 2.17. The Balaban J connectivity index is 1.53. The minimum atomic E-state index is 0.411. The molecule has 0 bridgehead atoms. The van der Waals surface area contributed by atoms with Crippen LogP contribution in [-0.4, -0.2) is 10.0 Å². The second kappa shape index (κ2) is 10.4. The van der Waals surface area contributed by atoms with Gasteiger partial charge in [0.25, 0.3) is 0 Å². The molecule has 0 aliphatic carbocycles. The van der Waals surface area contributed by atoms with Gasteiger partial charge in [-0.1, -0.05) is 115 Å². The number of rotatable bonds is 8. The van der Waals surface area contributed by atoms with Crippen LogP contribution >= 0.6 is 0 Å². The third kappa shape index (κ3) is 5.19. The van der Waals surface area contributed by atoms with Gasteiger partial charge < -0.3 is 5.11 Å². The summed E-state index contributed by atoms with van der Waals surface area (Å²) in [6, 6.07) is 42.0. The first-order valence-electron chi connectivity index (χ1n) is 11.8. The molecular weight excluding hydrogens is 414 g/mol. The van der Waals surface area contributed by atoms with Crippen molar-refractivity contribution in [2.45, 2.75) is 26.1 Å². The van der Waals surface area contributed by atoms with Crippen LogP contribution in [0.2, 0.25) is 0 Å². The van der Waals surface area contributed by atoms with E-state index in [9.17, 15) is 5.11 Å². The van der Waals surface area contributed by atoms with Gasteiger partial charge in [-0.25, -0.2) is 0 Å². The molecule has 0 aliphatic heterocycles. The molecular formula is C32H29NO. The van der Waals surface area contributed by atoms with Crippen molar-refractivity contribution in [3.63, 3.8) is 0 Å². The summed E-state index contributed by atoms with van der Waals surface area (Å²) in [6.45, 7) is 2.29. The molecule has 2 nitrogen and oxygen atoms in total. The van der Waals surface area contributed by atoms with Crippen LogP contribution in [0.4, 0.5) is 0 Å². The first kappa shape index (κ1) is 21.9. The number of fused-ring (bicyclic) bond motifs is 1. The zero-order valence-corrected chi connectivity index (χ0v) is 19.3. The van der Waals surface area contributed by atoms with Crippen molar-refractivity contribution in [3.05, 3.63) is 149 Å². The van der Waals surface area contributed by atoms with Crippen molar-refractivity contribution < 1.29 is 5.11 Å². The van der Waals surface area contributed by atoms with E-state index in [4.69, 9.17) is 0 Å². The maximum absolute atomic E-state index is 11.5. The van der Waals surface area contributed by atoms with Crippen molar-refractivity contribution in [1.82, 2.24) is 4.90 Å². The third-order valence-electron chi connectivity index (χ3n) is 6.32. The summed E-state index contributed by atoms with van der Waals surface area (Å²) in [5.41, 5.74) is 5.70. The summed E-state index contributed by atoms with van der Waals surface area (Å²) in [6.07, 6.45) is 0.710. The van der Waals surface area contributed by atoms with Gasteiger partial charge in [0.05, 0.1) is 0 Å². The predicted molar refractivity (Wildman–Crippen MR) is 141 cm³/mol. The van der Waals surface area contributed by atoms with Gasteiger partial charge in [-0.3, -0.25) is 4.90 Å². The molecule has 0 saturated heterocycles. The van der Waals surface area contributed by atoms with E-state index in [2.05, 4.69) is 120 Å². The number of aromatic hydroxyl groups is 1. The Morgan fingerprint density at radius 3 is 1.62 bits per heavy atom. The fraction of sp³-hybridized carbons (Fsp3) is 0.125. The van der Waals surface area contributed by atoms with Crippen LogP contribution in [0.25, 0.3) is 10.8 Å². The minimum Gasteiger partial charge on any atom is -0.507 e. The largest absolute Gasteiger partial charge is 0.507 e. The van der Waals surface area contributed by atoms with Crippen LogP contribution in [-0.2, 0) is 26.1 Å². The molecule has 0 saturated carbocycles. The average Bonchev–Trinajstić information content (AvgIpc) is 2.88. The van der Waals surface area contributed by atoms with Crippen LogP contribution in [0.3, 0.4) is 0 Å². The van der Waals surface area contributed by atoms with Crippen molar-refractivity contribution in [2.75, 3.05) is 0 Å². The van der Waals surface area contributed by atoms with E-state index in [1.807, 2.05) is 6.07 Å². The summed E-state index contributed by atoms with van der Waals surface area (Å²) in [4.78, 5) is 2.42. The van der Waals surface area contributed by atoms with Gasteiger partial charge in [0.15, 0.2) is 0 Å². The van der Waals surface area contributed by atoms with Gasteiger partial charge in [-0.05, 0) is 39.1 Å². The highest BCUT2D eigenvalue weighted by Crippen LogP contribution is 2.34. The molecule has 168 valence electrons. The SMILES string of the molecule is Oc1c(Cc2ccccc2)cc2ccccc2c1CN(Cc1ccccc1)Cc1ccccc1. The van der Waals surface area contributed by atoms with Gasteiger partial charge in [-0.15, -0.1) is 0 Å². The van der Waals surface area contributed by atoms with E-state index >= 15 is 0 Å². The molecule has 34 heavy (non-hydrogen) atoms. The van der Waals surface area contributed by atoms with Gasteiger partial charge >= 0.3 is 0 Å². The topological polar surface area (TPSA) is 23.5 Å². The molecule has 0 unspecified atom stereocenters. The van der Waals surface area contributed by atoms with E-state index in [0.29, 0.717) is 18.7 Å². The number of benzene rings is 5. The van der Waals surface area contributed by atoms with Crippen LogP contribution in [0.5, 0.6) is 5.75 Å². The molecule has 0 aliphatic rings. The molecule has 0 radical (unpaired) electrons. The second-order valence-corrected chi connectivity index (χ2v) is 8.86. The summed E-state index contributed by atoms with van der Waals surface area (Å²) in [7, 11) is 0. The molecule has 0 heterocycles. The summed E-state index contributed by atoms with van der Waals surface area (Å²) in [5, 5.41) is 13.8. The highest BCUT2D eigenvalue weighted by atomic mass is 16.3. The van der Waals surface area contributed by atoms with E-state index < -0.39 is 0 Å². The normalized spacial score (nSPS) is 11.2. The molecule has 0 atom stereocenters. The third-order valence-corrected chi connectivity index (χ3v) is 6.32. The zero-order valence-electron chi connectivity index (χ0n) is 19.3. The fourth-order valence-corrected chi connectivity index (χ4v) is 4.66. The van der Waals surface area contributed by atoms with Crippen LogP contribution in [0.15, 0.2) is 121 Å².